The Bertz CT molecular complexity index is 4.85. The standard InChI is InChI=1S/2CH3.3Y/h2*1H3;;;/q2*-1;;;. The molecule has 3 heteroatoms. The molecule has 0 saturated carbocycles. The Hall–Kier alpha value is 3.31. The van der Waals surface area contributed by atoms with Crippen LogP contribution in [0.1, 0.15) is 0 Å². The summed E-state index contributed by atoms with van der Waals surface area (Å²) in [6.07, 6.45) is 0. The molecule has 0 aromatic heterocycles. The molecule has 0 aromatic rings. The average Bonchev–Trinajstić information content (AvgIpc) is 0. The molecule has 25 valence electrons. The summed E-state index contributed by atoms with van der Waals surface area (Å²) < 4.78 is 0. The van der Waals surface area contributed by atoms with E-state index in [0.717, 1.165) is 0 Å². The van der Waals surface area contributed by atoms with Crippen molar-refractivity contribution in [3.63, 3.8) is 0 Å². The summed E-state index contributed by atoms with van der Waals surface area (Å²) >= 11 is 0. The predicted molar refractivity (Wildman–Crippen MR) is 12.8 cm³/mol. The van der Waals surface area contributed by atoms with Gasteiger partial charge in [-0.1, -0.05) is 0 Å². The van der Waals surface area contributed by atoms with Gasteiger partial charge in [0.05, 0.1) is 0 Å². The summed E-state index contributed by atoms with van der Waals surface area (Å²) in [4.78, 5) is 0. The van der Waals surface area contributed by atoms with Crippen molar-refractivity contribution in [3.8, 4) is 0 Å². The molecule has 0 heterocycles. The molecule has 0 aromatic carbocycles. The fraction of sp³-hybridized carbons (Fsp3) is 0. The van der Waals surface area contributed by atoms with Crippen LogP contribution in [0, 0.1) is 14.9 Å². The van der Waals surface area contributed by atoms with Gasteiger partial charge in [0.1, 0.15) is 0 Å². The van der Waals surface area contributed by atoms with E-state index in [1.54, 1.807) is 0 Å². The molecule has 0 aliphatic heterocycles. The van der Waals surface area contributed by atoms with Crippen molar-refractivity contribution in [2.24, 2.45) is 0 Å². The normalized spacial score (nSPS) is 0. The van der Waals surface area contributed by atoms with Crippen LogP contribution in [0.15, 0.2) is 0 Å². The van der Waals surface area contributed by atoms with Crippen LogP contribution in [0.2, 0.25) is 0 Å². The van der Waals surface area contributed by atoms with E-state index in [4.69, 9.17) is 0 Å². The van der Waals surface area contributed by atoms with Gasteiger partial charge in [0.15, 0.2) is 0 Å². The minimum Gasteiger partial charge on any atom is -0.358 e. The van der Waals surface area contributed by atoms with Crippen LogP contribution < -0.4 is 0 Å². The minimum atomic E-state index is 0. The maximum absolute atomic E-state index is 0. The smallest absolute Gasteiger partial charge is 0 e. The van der Waals surface area contributed by atoms with E-state index >= 15 is 0 Å². The topological polar surface area (TPSA) is 0 Å². The van der Waals surface area contributed by atoms with Crippen molar-refractivity contribution in [2.75, 3.05) is 0 Å². The Morgan fingerprint density at radius 3 is 0.400 bits per heavy atom. The van der Waals surface area contributed by atoms with Gasteiger partial charge in [-0.05, 0) is 0 Å². The minimum absolute atomic E-state index is 0. The van der Waals surface area contributed by atoms with Gasteiger partial charge >= 0.3 is 0 Å². The summed E-state index contributed by atoms with van der Waals surface area (Å²) in [5, 5.41) is 0. The van der Waals surface area contributed by atoms with E-state index in [1.807, 2.05) is 0 Å². The van der Waals surface area contributed by atoms with Crippen molar-refractivity contribution in [1.29, 1.82) is 0 Å². The number of rotatable bonds is 0. The first kappa shape index (κ1) is 40.5. The molecule has 0 nitrogen and oxygen atoms in total. The molecule has 0 rings (SSSR count). The first-order valence-electron chi connectivity index (χ1n) is 0. The predicted octanol–water partition coefficient (Wildman–Crippen LogP) is 0.893. The average molecular weight is 297 g/mol. The molecule has 0 saturated heterocycles. The van der Waals surface area contributed by atoms with E-state index in [9.17, 15) is 0 Å². The first-order chi connectivity index (χ1) is 0. The molecular formula is C2H6Y3-2. The van der Waals surface area contributed by atoms with Crippen LogP contribution in [-0.2, 0) is 98.1 Å². The van der Waals surface area contributed by atoms with Crippen molar-refractivity contribution in [1.82, 2.24) is 0 Å². The molecule has 0 unspecified atom stereocenters. The molecule has 0 spiro atoms. The van der Waals surface area contributed by atoms with Crippen LogP contribution in [0.3, 0.4) is 0 Å². The third kappa shape index (κ3) is 18.8. The first-order valence-corrected chi connectivity index (χ1v) is 0. The molecule has 0 atom stereocenters. The Labute approximate surface area is 110 Å². The zero-order valence-corrected chi connectivity index (χ0v) is 12.2. The van der Waals surface area contributed by atoms with E-state index in [2.05, 4.69) is 0 Å². The quantitative estimate of drug-likeness (QED) is 0.583. The third-order valence-corrected chi connectivity index (χ3v) is 0. The van der Waals surface area contributed by atoms with Crippen LogP contribution in [0.4, 0.5) is 0 Å². The Balaban J connectivity index is 0. The van der Waals surface area contributed by atoms with Crippen molar-refractivity contribution in [2.45, 2.75) is 0 Å². The summed E-state index contributed by atoms with van der Waals surface area (Å²) in [6, 6.07) is 0. The second-order valence-electron chi connectivity index (χ2n) is 0. The molecule has 0 aliphatic carbocycles. The van der Waals surface area contributed by atoms with Crippen LogP contribution >= 0.6 is 0 Å². The van der Waals surface area contributed by atoms with Gasteiger partial charge in [0.2, 0.25) is 0 Å². The van der Waals surface area contributed by atoms with Crippen molar-refractivity contribution < 1.29 is 98.1 Å². The Kier molecular flexibility index (Phi) is 215. The van der Waals surface area contributed by atoms with Gasteiger partial charge in [-0.2, -0.15) is 0 Å². The Morgan fingerprint density at radius 1 is 0.400 bits per heavy atom. The summed E-state index contributed by atoms with van der Waals surface area (Å²) in [5.41, 5.74) is 0. The second kappa shape index (κ2) is 26.6. The molecule has 0 fully saturated rings. The van der Waals surface area contributed by atoms with Gasteiger partial charge in [0.25, 0.3) is 0 Å². The van der Waals surface area contributed by atoms with Gasteiger partial charge in [-0.25, -0.2) is 0 Å². The zero-order valence-electron chi connectivity index (χ0n) is 3.73. The maximum Gasteiger partial charge on any atom is 0 e. The van der Waals surface area contributed by atoms with Crippen LogP contribution in [0.5, 0.6) is 0 Å². The van der Waals surface area contributed by atoms with Gasteiger partial charge in [0, 0.05) is 98.1 Å². The number of hydrogen-bond donors (Lipinski definition) is 0. The SMILES string of the molecule is [CH3-].[CH3-].[Y].[Y].[Y]. The van der Waals surface area contributed by atoms with Gasteiger partial charge in [-0.3, -0.25) is 0 Å². The van der Waals surface area contributed by atoms with Crippen molar-refractivity contribution in [3.05, 3.63) is 14.9 Å². The third-order valence-electron chi connectivity index (χ3n) is 0. The summed E-state index contributed by atoms with van der Waals surface area (Å²) in [6.45, 7) is 0. The monoisotopic (exact) mass is 297 g/mol. The van der Waals surface area contributed by atoms with Crippen molar-refractivity contribution >= 4 is 0 Å². The summed E-state index contributed by atoms with van der Waals surface area (Å²) in [7, 11) is 0. The molecule has 0 N–H and O–H groups in total. The molecular weight excluding hydrogens is 291 g/mol. The van der Waals surface area contributed by atoms with Gasteiger partial charge in [-0.15, -0.1) is 0 Å². The van der Waals surface area contributed by atoms with E-state index in [-0.39, 0.29) is 113 Å². The van der Waals surface area contributed by atoms with E-state index < -0.39 is 0 Å². The molecule has 5 heavy (non-hydrogen) atoms. The van der Waals surface area contributed by atoms with E-state index in [1.165, 1.54) is 0 Å². The fourth-order valence-electron chi connectivity index (χ4n) is 0. The van der Waals surface area contributed by atoms with Gasteiger partial charge < -0.3 is 14.9 Å². The molecule has 0 aliphatic rings. The van der Waals surface area contributed by atoms with Crippen LogP contribution in [0.25, 0.3) is 0 Å². The maximum atomic E-state index is 0. The fourth-order valence-corrected chi connectivity index (χ4v) is 0. The molecule has 0 amide bonds. The largest absolute Gasteiger partial charge is 0.358 e. The second-order valence-corrected chi connectivity index (χ2v) is 0. The number of hydrogen-bond acceptors (Lipinski definition) is 0. The zero-order chi connectivity index (χ0) is 0. The molecule has 3 radical (unpaired) electrons. The summed E-state index contributed by atoms with van der Waals surface area (Å²) in [5.74, 6) is 0. The van der Waals surface area contributed by atoms with Crippen LogP contribution in [-0.4, -0.2) is 0 Å². The Morgan fingerprint density at radius 2 is 0.400 bits per heavy atom. The van der Waals surface area contributed by atoms with E-state index in [0.29, 0.717) is 0 Å². The molecule has 0 bridgehead atoms.